The van der Waals surface area contributed by atoms with E-state index in [2.05, 4.69) is 31.0 Å². The van der Waals surface area contributed by atoms with Gasteiger partial charge in [-0.05, 0) is 34.1 Å². The number of H-pyrrole nitrogens is 1. The van der Waals surface area contributed by atoms with E-state index in [-0.39, 0.29) is 11.9 Å². The molecule has 4 heteroatoms. The Morgan fingerprint density at radius 2 is 2.00 bits per heavy atom. The number of nitrogens with one attached hydrogen (secondary N) is 1. The number of hydrogen-bond acceptors (Lipinski definition) is 2. The van der Waals surface area contributed by atoms with Crippen LogP contribution in [0.25, 0.3) is 0 Å². The molecule has 0 spiro atoms. The molecule has 0 fully saturated rings. The van der Waals surface area contributed by atoms with Gasteiger partial charge in [-0.25, -0.2) is 0 Å². The predicted octanol–water partition coefficient (Wildman–Crippen LogP) is 3.07. The highest BCUT2D eigenvalue weighted by Gasteiger charge is 2.23. The van der Waals surface area contributed by atoms with Crippen molar-refractivity contribution >= 4 is 5.91 Å². The Labute approximate surface area is 110 Å². The number of carbonyl (C=O) groups excluding carboxylic acids is 1. The molecule has 0 bridgehead atoms. The maximum atomic E-state index is 12.5. The first-order chi connectivity index (χ1) is 8.49. The summed E-state index contributed by atoms with van der Waals surface area (Å²) in [5, 5.41) is 6.98. The van der Waals surface area contributed by atoms with Crippen molar-refractivity contribution in [3.8, 4) is 0 Å². The molecule has 102 valence electrons. The first kappa shape index (κ1) is 14.7. The molecule has 0 aliphatic rings. The molecular formula is C14H25N3O. The van der Waals surface area contributed by atoms with E-state index < -0.39 is 0 Å². The summed E-state index contributed by atoms with van der Waals surface area (Å²) in [6, 6.07) is 0.225. The van der Waals surface area contributed by atoms with E-state index in [0.29, 0.717) is 0 Å². The topological polar surface area (TPSA) is 49.0 Å². The first-order valence-electron chi connectivity index (χ1n) is 6.81. The van der Waals surface area contributed by atoms with Crippen LogP contribution in [0.3, 0.4) is 0 Å². The molecule has 0 aliphatic heterocycles. The van der Waals surface area contributed by atoms with Crippen molar-refractivity contribution in [1.82, 2.24) is 15.1 Å². The quantitative estimate of drug-likeness (QED) is 0.790. The van der Waals surface area contributed by atoms with E-state index in [0.717, 1.165) is 29.9 Å². The van der Waals surface area contributed by atoms with Gasteiger partial charge < -0.3 is 4.90 Å². The standard InChI is InChI=1S/C14H25N3O/c1-6-7-8-9-17(10(2)3)14(18)13-11(4)15-16-12(13)5/h10H,6-9H2,1-5H3,(H,15,16). The summed E-state index contributed by atoms with van der Waals surface area (Å²) >= 11 is 0. The summed E-state index contributed by atoms with van der Waals surface area (Å²) in [7, 11) is 0. The molecule has 0 aliphatic carbocycles. The minimum Gasteiger partial charge on any atom is -0.336 e. The van der Waals surface area contributed by atoms with Gasteiger partial charge in [-0.2, -0.15) is 5.10 Å². The first-order valence-corrected chi connectivity index (χ1v) is 6.81. The molecule has 18 heavy (non-hydrogen) atoms. The third-order valence-corrected chi connectivity index (χ3v) is 3.23. The van der Waals surface area contributed by atoms with Crippen molar-refractivity contribution in [2.24, 2.45) is 0 Å². The molecule has 0 saturated carbocycles. The van der Waals surface area contributed by atoms with Crippen LogP contribution in [0.15, 0.2) is 0 Å². The Morgan fingerprint density at radius 1 is 1.33 bits per heavy atom. The van der Waals surface area contributed by atoms with Gasteiger partial charge in [-0.3, -0.25) is 9.89 Å². The van der Waals surface area contributed by atoms with Gasteiger partial charge in [0, 0.05) is 18.3 Å². The number of unbranched alkanes of at least 4 members (excludes halogenated alkanes) is 2. The lowest BCUT2D eigenvalue weighted by molar-refractivity contribution is 0.0701. The van der Waals surface area contributed by atoms with Gasteiger partial charge in [-0.1, -0.05) is 19.8 Å². The molecule has 1 amide bonds. The second-order valence-electron chi connectivity index (χ2n) is 5.11. The molecule has 0 radical (unpaired) electrons. The van der Waals surface area contributed by atoms with E-state index in [1.807, 2.05) is 18.7 Å². The highest BCUT2D eigenvalue weighted by atomic mass is 16.2. The molecule has 4 nitrogen and oxygen atoms in total. The number of aryl methyl sites for hydroxylation is 2. The molecule has 0 unspecified atom stereocenters. The lowest BCUT2D eigenvalue weighted by Gasteiger charge is -2.27. The van der Waals surface area contributed by atoms with E-state index >= 15 is 0 Å². The fourth-order valence-electron chi connectivity index (χ4n) is 2.14. The van der Waals surface area contributed by atoms with Crippen LogP contribution in [-0.2, 0) is 0 Å². The lowest BCUT2D eigenvalue weighted by Crippen LogP contribution is -2.38. The zero-order valence-corrected chi connectivity index (χ0v) is 12.2. The van der Waals surface area contributed by atoms with Crippen molar-refractivity contribution < 1.29 is 4.79 Å². The van der Waals surface area contributed by atoms with Crippen LogP contribution in [0.5, 0.6) is 0 Å². The normalized spacial score (nSPS) is 11.0. The van der Waals surface area contributed by atoms with Crippen LogP contribution in [-0.4, -0.2) is 33.6 Å². The van der Waals surface area contributed by atoms with Gasteiger partial charge in [0.25, 0.3) is 5.91 Å². The summed E-state index contributed by atoms with van der Waals surface area (Å²) < 4.78 is 0. The van der Waals surface area contributed by atoms with Gasteiger partial charge in [0.15, 0.2) is 0 Å². The molecule has 1 aromatic rings. The van der Waals surface area contributed by atoms with E-state index in [9.17, 15) is 4.79 Å². The third-order valence-electron chi connectivity index (χ3n) is 3.23. The predicted molar refractivity (Wildman–Crippen MR) is 73.8 cm³/mol. The van der Waals surface area contributed by atoms with Crippen molar-refractivity contribution in [2.45, 2.75) is 59.9 Å². The molecule has 0 saturated heterocycles. The van der Waals surface area contributed by atoms with Crippen molar-refractivity contribution in [3.63, 3.8) is 0 Å². The molecular weight excluding hydrogens is 226 g/mol. The molecule has 1 rings (SSSR count). The Hall–Kier alpha value is -1.32. The van der Waals surface area contributed by atoms with E-state index in [1.165, 1.54) is 12.8 Å². The fraction of sp³-hybridized carbons (Fsp3) is 0.714. The van der Waals surface area contributed by atoms with Crippen LogP contribution in [0.1, 0.15) is 61.8 Å². The van der Waals surface area contributed by atoms with Gasteiger partial charge in [0.1, 0.15) is 0 Å². The zero-order chi connectivity index (χ0) is 13.7. The van der Waals surface area contributed by atoms with Gasteiger partial charge in [0.05, 0.1) is 11.3 Å². The Kier molecular flexibility index (Phi) is 5.38. The average molecular weight is 251 g/mol. The van der Waals surface area contributed by atoms with Crippen LogP contribution in [0, 0.1) is 13.8 Å². The molecule has 0 atom stereocenters. The molecule has 1 N–H and O–H groups in total. The van der Waals surface area contributed by atoms with E-state index in [4.69, 9.17) is 0 Å². The summed E-state index contributed by atoms with van der Waals surface area (Å²) in [5.74, 6) is 0.102. The number of rotatable bonds is 6. The summed E-state index contributed by atoms with van der Waals surface area (Å²) in [5.41, 5.74) is 2.39. The number of aromatic nitrogens is 2. The number of hydrogen-bond donors (Lipinski definition) is 1. The average Bonchev–Trinajstić information content (AvgIpc) is 2.63. The van der Waals surface area contributed by atoms with Crippen LogP contribution < -0.4 is 0 Å². The maximum absolute atomic E-state index is 12.5. The number of amides is 1. The molecule has 1 heterocycles. The van der Waals surface area contributed by atoms with Gasteiger partial charge in [0.2, 0.25) is 0 Å². The fourth-order valence-corrected chi connectivity index (χ4v) is 2.14. The monoisotopic (exact) mass is 251 g/mol. The van der Waals surface area contributed by atoms with Gasteiger partial charge >= 0.3 is 0 Å². The highest BCUT2D eigenvalue weighted by Crippen LogP contribution is 2.15. The van der Waals surface area contributed by atoms with Crippen LogP contribution in [0.2, 0.25) is 0 Å². The van der Waals surface area contributed by atoms with Crippen molar-refractivity contribution in [2.75, 3.05) is 6.54 Å². The zero-order valence-electron chi connectivity index (χ0n) is 12.2. The Morgan fingerprint density at radius 3 is 2.44 bits per heavy atom. The van der Waals surface area contributed by atoms with E-state index in [1.54, 1.807) is 0 Å². The van der Waals surface area contributed by atoms with Gasteiger partial charge in [-0.15, -0.1) is 0 Å². The SMILES string of the molecule is CCCCCN(C(=O)c1c(C)n[nH]c1C)C(C)C. The lowest BCUT2D eigenvalue weighted by atomic mass is 10.1. The minimum absolute atomic E-state index is 0.102. The summed E-state index contributed by atoms with van der Waals surface area (Å²) in [4.78, 5) is 14.5. The van der Waals surface area contributed by atoms with Crippen molar-refractivity contribution in [3.05, 3.63) is 17.0 Å². The maximum Gasteiger partial charge on any atom is 0.257 e. The Bertz CT molecular complexity index is 376. The molecule has 1 aromatic heterocycles. The minimum atomic E-state index is 0.102. The van der Waals surface area contributed by atoms with Crippen LogP contribution in [0.4, 0.5) is 0 Å². The summed E-state index contributed by atoms with van der Waals surface area (Å²) in [6.07, 6.45) is 3.40. The number of aromatic amines is 1. The Balaban J connectivity index is 2.83. The molecule has 0 aromatic carbocycles. The summed E-state index contributed by atoms with van der Waals surface area (Å²) in [6.45, 7) is 10.9. The van der Waals surface area contributed by atoms with Crippen molar-refractivity contribution in [1.29, 1.82) is 0 Å². The second-order valence-corrected chi connectivity index (χ2v) is 5.11. The number of nitrogens with zero attached hydrogens (tertiary/aromatic N) is 2. The number of carbonyl (C=O) groups is 1. The van der Waals surface area contributed by atoms with Crippen LogP contribution >= 0.6 is 0 Å². The third kappa shape index (κ3) is 3.34. The smallest absolute Gasteiger partial charge is 0.257 e. The largest absolute Gasteiger partial charge is 0.336 e. The highest BCUT2D eigenvalue weighted by molar-refractivity contribution is 5.96. The second kappa shape index (κ2) is 6.57.